The van der Waals surface area contributed by atoms with E-state index < -0.39 is 0 Å². The number of aromatic nitrogens is 4. The summed E-state index contributed by atoms with van der Waals surface area (Å²) in [5, 5.41) is 0. The molecular weight excluding hydrogens is 326 g/mol. The predicted octanol–water partition coefficient (Wildman–Crippen LogP) is 1.01. The molecule has 2 aromatic rings. The molecule has 1 N–H and O–H groups in total. The van der Waals surface area contributed by atoms with Crippen molar-refractivity contribution in [2.45, 2.75) is 19.4 Å². The summed E-state index contributed by atoms with van der Waals surface area (Å²) in [4.78, 5) is 25.2. The zero-order valence-corrected chi connectivity index (χ0v) is 14.3. The predicted molar refractivity (Wildman–Crippen MR) is 92.6 cm³/mol. The lowest BCUT2D eigenvalue weighted by atomic mass is 10.1. The second-order valence-corrected chi connectivity index (χ2v) is 6.22. The van der Waals surface area contributed by atoms with Crippen molar-refractivity contribution in [2.75, 3.05) is 32.8 Å². The van der Waals surface area contributed by atoms with E-state index in [9.17, 15) is 4.79 Å². The molecular formula is C16H21N5O2S. The van der Waals surface area contributed by atoms with E-state index in [4.69, 9.17) is 17.0 Å². The van der Waals surface area contributed by atoms with Gasteiger partial charge in [-0.2, -0.15) is 0 Å². The van der Waals surface area contributed by atoms with Crippen LogP contribution in [0.25, 0.3) is 0 Å². The van der Waals surface area contributed by atoms with Gasteiger partial charge in [-0.3, -0.25) is 14.7 Å². The van der Waals surface area contributed by atoms with E-state index >= 15 is 0 Å². The third-order valence-corrected chi connectivity index (χ3v) is 4.41. The zero-order valence-electron chi connectivity index (χ0n) is 13.5. The highest BCUT2D eigenvalue weighted by molar-refractivity contribution is 7.71. The van der Waals surface area contributed by atoms with Crippen molar-refractivity contribution in [2.24, 2.45) is 0 Å². The highest BCUT2D eigenvalue weighted by Crippen LogP contribution is 2.05. The van der Waals surface area contributed by atoms with Crippen LogP contribution < -0.4 is 5.56 Å². The summed E-state index contributed by atoms with van der Waals surface area (Å²) in [6, 6.07) is 0. The van der Waals surface area contributed by atoms with Crippen molar-refractivity contribution in [3.05, 3.63) is 51.2 Å². The van der Waals surface area contributed by atoms with E-state index in [1.165, 1.54) is 6.33 Å². The normalized spacial score (nSPS) is 15.5. The van der Waals surface area contributed by atoms with E-state index in [0.717, 1.165) is 51.4 Å². The van der Waals surface area contributed by atoms with Gasteiger partial charge in [-0.05, 0) is 24.2 Å². The number of morpholine rings is 1. The Morgan fingerprint density at radius 1 is 1.21 bits per heavy atom. The second kappa shape index (κ2) is 8.27. The van der Waals surface area contributed by atoms with Gasteiger partial charge in [0, 0.05) is 56.8 Å². The smallest absolute Gasteiger partial charge is 0.255 e. The van der Waals surface area contributed by atoms with Crippen molar-refractivity contribution >= 4 is 12.2 Å². The fourth-order valence-electron chi connectivity index (χ4n) is 2.78. The van der Waals surface area contributed by atoms with Gasteiger partial charge in [0.05, 0.1) is 13.2 Å². The minimum absolute atomic E-state index is 0.145. The summed E-state index contributed by atoms with van der Waals surface area (Å²) >= 11 is 5.28. The number of ether oxygens (including phenoxy) is 1. The molecule has 3 rings (SSSR count). The first-order chi connectivity index (χ1) is 11.7. The monoisotopic (exact) mass is 347 g/mol. The highest BCUT2D eigenvalue weighted by atomic mass is 32.1. The Morgan fingerprint density at radius 2 is 1.96 bits per heavy atom. The van der Waals surface area contributed by atoms with Gasteiger partial charge in [0.25, 0.3) is 5.56 Å². The maximum Gasteiger partial charge on any atom is 0.255 e. The molecule has 1 aliphatic rings. The summed E-state index contributed by atoms with van der Waals surface area (Å²) < 4.78 is 7.76. The van der Waals surface area contributed by atoms with Crippen LogP contribution in [-0.2, 0) is 17.7 Å². The number of hydrogen-bond acceptors (Lipinski definition) is 6. The minimum Gasteiger partial charge on any atom is -0.379 e. The van der Waals surface area contributed by atoms with E-state index in [1.54, 1.807) is 12.4 Å². The molecule has 1 saturated heterocycles. The highest BCUT2D eigenvalue weighted by Gasteiger charge is 2.10. The Balaban J connectivity index is 1.65. The van der Waals surface area contributed by atoms with Crippen LogP contribution in [0, 0.1) is 4.77 Å². The summed E-state index contributed by atoms with van der Waals surface area (Å²) in [6.45, 7) is 5.37. The van der Waals surface area contributed by atoms with Gasteiger partial charge in [-0.1, -0.05) is 0 Å². The van der Waals surface area contributed by atoms with Gasteiger partial charge in [0.1, 0.15) is 6.33 Å². The fourth-order valence-corrected chi connectivity index (χ4v) is 3.01. The molecule has 0 atom stereocenters. The number of aryl methyl sites for hydroxylation is 1. The number of hydrogen-bond donors (Lipinski definition) is 1. The Hall–Kier alpha value is -1.90. The molecule has 8 heteroatoms. The average Bonchev–Trinajstić information content (AvgIpc) is 2.60. The molecule has 0 aliphatic carbocycles. The Labute approximate surface area is 145 Å². The van der Waals surface area contributed by atoms with Crippen LogP contribution in [0.2, 0.25) is 0 Å². The molecule has 0 unspecified atom stereocenters. The SMILES string of the molecule is O=c1[nH]c(=S)n(CCCN2CCOCC2)cc1Cc1cncnc1. The average molecular weight is 347 g/mol. The van der Waals surface area contributed by atoms with Crippen LogP contribution in [0.4, 0.5) is 0 Å². The number of H-pyrrole nitrogens is 1. The number of nitrogens with zero attached hydrogens (tertiary/aromatic N) is 4. The molecule has 1 aliphatic heterocycles. The van der Waals surface area contributed by atoms with Gasteiger partial charge < -0.3 is 9.30 Å². The summed E-state index contributed by atoms with van der Waals surface area (Å²) in [5.74, 6) is 0. The molecule has 0 saturated carbocycles. The summed E-state index contributed by atoms with van der Waals surface area (Å²) in [5.41, 5.74) is 1.43. The lowest BCUT2D eigenvalue weighted by molar-refractivity contribution is 0.0369. The molecule has 128 valence electrons. The van der Waals surface area contributed by atoms with Crippen LogP contribution in [0.1, 0.15) is 17.5 Å². The molecule has 0 bridgehead atoms. The summed E-state index contributed by atoms with van der Waals surface area (Å²) in [7, 11) is 0. The third-order valence-electron chi connectivity index (χ3n) is 4.07. The maximum atomic E-state index is 12.1. The van der Waals surface area contributed by atoms with E-state index in [0.29, 0.717) is 16.8 Å². The molecule has 0 aromatic carbocycles. The minimum atomic E-state index is -0.145. The molecule has 7 nitrogen and oxygen atoms in total. The molecule has 0 amide bonds. The van der Waals surface area contributed by atoms with Crippen LogP contribution in [0.3, 0.4) is 0 Å². The van der Waals surface area contributed by atoms with Crippen molar-refractivity contribution < 1.29 is 4.74 Å². The van der Waals surface area contributed by atoms with Crippen LogP contribution in [-0.4, -0.2) is 57.3 Å². The van der Waals surface area contributed by atoms with Gasteiger partial charge in [0.2, 0.25) is 0 Å². The molecule has 1 fully saturated rings. The lowest BCUT2D eigenvalue weighted by Crippen LogP contribution is -2.37. The lowest BCUT2D eigenvalue weighted by Gasteiger charge is -2.26. The van der Waals surface area contributed by atoms with Gasteiger partial charge in [-0.25, -0.2) is 9.97 Å². The first kappa shape index (κ1) is 16.9. The van der Waals surface area contributed by atoms with Crippen LogP contribution >= 0.6 is 12.2 Å². The number of aromatic amines is 1. The molecule has 3 heterocycles. The van der Waals surface area contributed by atoms with Crippen molar-refractivity contribution in [3.63, 3.8) is 0 Å². The van der Waals surface area contributed by atoms with Crippen molar-refractivity contribution in [3.8, 4) is 0 Å². The second-order valence-electron chi connectivity index (χ2n) is 5.84. The standard InChI is InChI=1S/C16H21N5O2S/c22-15-14(8-13-9-17-12-18-10-13)11-21(16(24)19-15)3-1-2-20-4-6-23-7-5-20/h9-12H,1-8H2,(H,19,22,24). The van der Waals surface area contributed by atoms with Gasteiger partial charge in [-0.15, -0.1) is 0 Å². The first-order valence-electron chi connectivity index (χ1n) is 8.09. The molecule has 0 radical (unpaired) electrons. The fraction of sp³-hybridized carbons (Fsp3) is 0.500. The van der Waals surface area contributed by atoms with Gasteiger partial charge in [0.15, 0.2) is 4.77 Å². The number of nitrogens with one attached hydrogen (secondary N) is 1. The van der Waals surface area contributed by atoms with Crippen molar-refractivity contribution in [1.82, 2.24) is 24.4 Å². The van der Waals surface area contributed by atoms with E-state index in [-0.39, 0.29) is 5.56 Å². The first-order valence-corrected chi connectivity index (χ1v) is 8.50. The molecule has 0 spiro atoms. The zero-order chi connectivity index (χ0) is 16.8. The topological polar surface area (TPSA) is 76.0 Å². The van der Waals surface area contributed by atoms with Crippen molar-refractivity contribution in [1.29, 1.82) is 0 Å². The Morgan fingerprint density at radius 3 is 2.71 bits per heavy atom. The van der Waals surface area contributed by atoms with Gasteiger partial charge >= 0.3 is 0 Å². The van der Waals surface area contributed by atoms with Crippen LogP contribution in [0.15, 0.2) is 29.7 Å². The maximum absolute atomic E-state index is 12.1. The number of rotatable bonds is 6. The molecule has 24 heavy (non-hydrogen) atoms. The Kier molecular flexibility index (Phi) is 5.84. The summed E-state index contributed by atoms with van der Waals surface area (Å²) in [6.07, 6.45) is 8.25. The third kappa shape index (κ3) is 4.56. The quantitative estimate of drug-likeness (QED) is 0.786. The van der Waals surface area contributed by atoms with E-state index in [1.807, 2.05) is 10.8 Å². The molecule has 2 aromatic heterocycles. The largest absolute Gasteiger partial charge is 0.379 e. The Bertz CT molecular complexity index is 768. The van der Waals surface area contributed by atoms with E-state index in [2.05, 4.69) is 19.9 Å². The van der Waals surface area contributed by atoms with Crippen LogP contribution in [0.5, 0.6) is 0 Å².